The molecule has 1 saturated heterocycles. The van der Waals surface area contributed by atoms with E-state index in [2.05, 4.69) is 0 Å². The summed E-state index contributed by atoms with van der Waals surface area (Å²) in [5.41, 5.74) is 0.648. The van der Waals surface area contributed by atoms with Crippen LogP contribution in [-0.4, -0.2) is 40.6 Å². The first-order valence-corrected chi connectivity index (χ1v) is 6.55. The Labute approximate surface area is 114 Å². The molecule has 1 unspecified atom stereocenters. The third-order valence-electron chi connectivity index (χ3n) is 3.81. The lowest BCUT2D eigenvalue weighted by Crippen LogP contribution is -2.46. The van der Waals surface area contributed by atoms with E-state index in [0.717, 1.165) is 0 Å². The smallest absolute Gasteiger partial charge is 0.326 e. The first-order chi connectivity index (χ1) is 9.58. The van der Waals surface area contributed by atoms with E-state index in [0.29, 0.717) is 24.9 Å². The Morgan fingerprint density at radius 1 is 1.40 bits per heavy atom. The van der Waals surface area contributed by atoms with Crippen LogP contribution >= 0.6 is 0 Å². The molecule has 0 bridgehead atoms. The summed E-state index contributed by atoms with van der Waals surface area (Å²) in [6.45, 7) is 0.411. The van der Waals surface area contributed by atoms with Crippen LogP contribution in [0.3, 0.4) is 0 Å². The summed E-state index contributed by atoms with van der Waals surface area (Å²) in [6.07, 6.45) is 0.586. The molecule has 1 aromatic carbocycles. The number of carboxylic acid groups (broad SMARTS) is 1. The second-order valence-electron chi connectivity index (χ2n) is 5.07. The number of nitrogens with zero attached hydrogens (tertiary/aromatic N) is 1. The fraction of sp³-hybridized carbons (Fsp3) is 0.429. The number of halogens is 1. The van der Waals surface area contributed by atoms with Gasteiger partial charge in [0.1, 0.15) is 6.04 Å². The third kappa shape index (κ3) is 2.01. The number of hydrogen-bond acceptors (Lipinski definition) is 3. The number of benzene rings is 1. The minimum Gasteiger partial charge on any atom is -0.480 e. The second kappa shape index (κ2) is 4.77. The van der Waals surface area contributed by atoms with Crippen molar-refractivity contribution in [2.24, 2.45) is 0 Å². The number of likely N-dealkylation sites (tertiary alicyclic amines) is 1. The maximum atomic E-state index is 13.6. The summed E-state index contributed by atoms with van der Waals surface area (Å²) >= 11 is 0. The lowest BCUT2D eigenvalue weighted by molar-refractivity contribution is -0.150. The number of para-hydroxylation sites is 1. The molecular weight excluding hydrogens is 265 g/mol. The van der Waals surface area contributed by atoms with Gasteiger partial charge in [0.25, 0.3) is 5.91 Å². The van der Waals surface area contributed by atoms with E-state index in [1.807, 2.05) is 0 Å². The zero-order chi connectivity index (χ0) is 14.3. The van der Waals surface area contributed by atoms with Crippen molar-refractivity contribution in [3.05, 3.63) is 29.6 Å². The molecule has 2 aliphatic rings. The minimum atomic E-state index is -1.00. The van der Waals surface area contributed by atoms with Crippen molar-refractivity contribution in [2.75, 3.05) is 6.54 Å². The number of aliphatic carboxylic acids is 1. The topological polar surface area (TPSA) is 66.8 Å². The summed E-state index contributed by atoms with van der Waals surface area (Å²) < 4.78 is 18.9. The van der Waals surface area contributed by atoms with Gasteiger partial charge in [0, 0.05) is 18.5 Å². The Bertz CT molecular complexity index is 574. The lowest BCUT2D eigenvalue weighted by atomic mass is 10.1. The highest BCUT2D eigenvalue weighted by Crippen LogP contribution is 2.33. The highest BCUT2D eigenvalue weighted by Gasteiger charge is 2.40. The summed E-state index contributed by atoms with van der Waals surface area (Å²) in [6, 6.07) is 3.77. The predicted molar refractivity (Wildman–Crippen MR) is 66.9 cm³/mol. The van der Waals surface area contributed by atoms with Crippen LogP contribution < -0.4 is 4.74 Å². The van der Waals surface area contributed by atoms with Crippen LogP contribution in [0.25, 0.3) is 0 Å². The van der Waals surface area contributed by atoms with Crippen LogP contribution in [0.1, 0.15) is 18.4 Å². The van der Waals surface area contributed by atoms with Gasteiger partial charge in [-0.1, -0.05) is 12.1 Å². The van der Waals surface area contributed by atoms with Crippen molar-refractivity contribution in [1.82, 2.24) is 4.90 Å². The van der Waals surface area contributed by atoms with Crippen molar-refractivity contribution in [2.45, 2.75) is 31.4 Å². The van der Waals surface area contributed by atoms with Gasteiger partial charge in [0.2, 0.25) is 0 Å². The molecule has 20 heavy (non-hydrogen) atoms. The number of carbonyl (C=O) groups is 2. The average molecular weight is 279 g/mol. The zero-order valence-corrected chi connectivity index (χ0v) is 10.7. The van der Waals surface area contributed by atoms with Crippen molar-refractivity contribution in [3.63, 3.8) is 0 Å². The Balaban J connectivity index is 1.77. The number of rotatable bonds is 2. The number of hydrogen-bond donors (Lipinski definition) is 1. The number of fused-ring (bicyclic) bond motifs is 1. The summed E-state index contributed by atoms with van der Waals surface area (Å²) in [5, 5.41) is 9.10. The molecule has 3 rings (SSSR count). The standard InChI is InChI=1S/C14H14FNO4/c15-9-4-1-3-8-7-11(20-12(8)9)13(17)16-6-2-5-10(16)14(18)19/h1,3-4,10-11H,2,5-7H2,(H,18,19)/t10-,11?/m1/s1. The molecule has 5 nitrogen and oxygen atoms in total. The van der Waals surface area contributed by atoms with Crippen molar-refractivity contribution in [1.29, 1.82) is 0 Å². The average Bonchev–Trinajstić information content (AvgIpc) is 3.05. The third-order valence-corrected chi connectivity index (χ3v) is 3.81. The Morgan fingerprint density at radius 3 is 2.90 bits per heavy atom. The highest BCUT2D eigenvalue weighted by atomic mass is 19.1. The fourth-order valence-corrected chi connectivity index (χ4v) is 2.84. The van der Waals surface area contributed by atoms with Gasteiger partial charge in [0.15, 0.2) is 17.7 Å². The molecule has 1 fully saturated rings. The van der Waals surface area contributed by atoms with Gasteiger partial charge in [-0.05, 0) is 18.9 Å². The molecule has 2 aliphatic heterocycles. The maximum Gasteiger partial charge on any atom is 0.326 e. The second-order valence-corrected chi connectivity index (χ2v) is 5.07. The molecule has 1 amide bonds. The van der Waals surface area contributed by atoms with Crippen LogP contribution in [0.2, 0.25) is 0 Å². The van der Waals surface area contributed by atoms with Gasteiger partial charge in [0.05, 0.1) is 0 Å². The molecule has 106 valence electrons. The Kier molecular flexibility index (Phi) is 3.08. The first kappa shape index (κ1) is 12.9. The van der Waals surface area contributed by atoms with E-state index < -0.39 is 23.9 Å². The summed E-state index contributed by atoms with van der Waals surface area (Å²) in [5.74, 6) is -1.76. The van der Waals surface area contributed by atoms with Gasteiger partial charge in [-0.2, -0.15) is 0 Å². The highest BCUT2D eigenvalue weighted by molar-refractivity contribution is 5.88. The van der Waals surface area contributed by atoms with Crippen LogP contribution in [0, 0.1) is 5.82 Å². The SMILES string of the molecule is O=C(O)[C@H]1CCCN1C(=O)C1Cc2cccc(F)c2O1. The lowest BCUT2D eigenvalue weighted by Gasteiger charge is -2.24. The predicted octanol–water partition coefficient (Wildman–Crippen LogP) is 1.20. The monoisotopic (exact) mass is 279 g/mol. The molecule has 2 atom stereocenters. The molecular formula is C14H14FNO4. The van der Waals surface area contributed by atoms with Crippen molar-refractivity contribution < 1.29 is 23.8 Å². The van der Waals surface area contributed by atoms with E-state index in [1.54, 1.807) is 12.1 Å². The maximum absolute atomic E-state index is 13.6. The van der Waals surface area contributed by atoms with Crippen LogP contribution in [0.5, 0.6) is 5.75 Å². The van der Waals surface area contributed by atoms with Gasteiger partial charge >= 0.3 is 5.97 Å². The van der Waals surface area contributed by atoms with E-state index in [4.69, 9.17) is 9.84 Å². The molecule has 1 N–H and O–H groups in total. The van der Waals surface area contributed by atoms with E-state index >= 15 is 0 Å². The number of carboxylic acids is 1. The largest absolute Gasteiger partial charge is 0.480 e. The molecule has 1 aromatic rings. The Hall–Kier alpha value is -2.11. The molecule has 2 heterocycles. The number of amides is 1. The van der Waals surface area contributed by atoms with Gasteiger partial charge in [-0.15, -0.1) is 0 Å². The van der Waals surface area contributed by atoms with Gasteiger partial charge in [-0.3, -0.25) is 4.79 Å². The van der Waals surface area contributed by atoms with Crippen LogP contribution in [-0.2, 0) is 16.0 Å². The van der Waals surface area contributed by atoms with Crippen molar-refractivity contribution in [3.8, 4) is 5.75 Å². The van der Waals surface area contributed by atoms with E-state index in [1.165, 1.54) is 11.0 Å². The molecule has 0 aromatic heterocycles. The van der Waals surface area contributed by atoms with Crippen LogP contribution in [0.4, 0.5) is 4.39 Å². The summed E-state index contributed by atoms with van der Waals surface area (Å²) in [7, 11) is 0. The quantitative estimate of drug-likeness (QED) is 0.883. The zero-order valence-electron chi connectivity index (χ0n) is 10.7. The molecule has 0 aliphatic carbocycles. The van der Waals surface area contributed by atoms with Crippen LogP contribution in [0.15, 0.2) is 18.2 Å². The first-order valence-electron chi connectivity index (χ1n) is 6.55. The molecule has 0 spiro atoms. The van der Waals surface area contributed by atoms with Gasteiger partial charge in [-0.25, -0.2) is 9.18 Å². The normalized spacial score (nSPS) is 24.4. The summed E-state index contributed by atoms with van der Waals surface area (Å²) in [4.78, 5) is 24.8. The molecule has 0 saturated carbocycles. The minimum absolute atomic E-state index is 0.108. The number of carbonyl (C=O) groups excluding carboxylic acids is 1. The van der Waals surface area contributed by atoms with E-state index in [-0.39, 0.29) is 18.1 Å². The van der Waals surface area contributed by atoms with Gasteiger partial charge < -0.3 is 14.7 Å². The molecule has 0 radical (unpaired) electrons. The fourth-order valence-electron chi connectivity index (χ4n) is 2.84. The van der Waals surface area contributed by atoms with Crippen molar-refractivity contribution >= 4 is 11.9 Å². The van der Waals surface area contributed by atoms with E-state index in [9.17, 15) is 14.0 Å². The number of ether oxygens (including phenoxy) is 1. The molecule has 6 heteroatoms. The Morgan fingerprint density at radius 2 is 2.20 bits per heavy atom.